The summed E-state index contributed by atoms with van der Waals surface area (Å²) in [5, 5.41) is 0. The lowest BCUT2D eigenvalue weighted by atomic mass is 9.76. The molecular formula is C16H20F2O. The van der Waals surface area contributed by atoms with Gasteiger partial charge in [-0.2, -0.15) is 0 Å². The van der Waals surface area contributed by atoms with Crippen molar-refractivity contribution in [2.24, 2.45) is 11.8 Å². The zero-order valence-electron chi connectivity index (χ0n) is 11.2. The minimum Gasteiger partial charge on any atom is -0.299 e. The molecule has 2 unspecified atom stereocenters. The topological polar surface area (TPSA) is 17.1 Å². The number of ketones is 1. The third-order valence-corrected chi connectivity index (χ3v) is 4.15. The van der Waals surface area contributed by atoms with Crippen LogP contribution in [0.2, 0.25) is 0 Å². The van der Waals surface area contributed by atoms with Crippen molar-refractivity contribution in [3.63, 3.8) is 0 Å². The molecule has 19 heavy (non-hydrogen) atoms. The highest BCUT2D eigenvalue weighted by Crippen LogP contribution is 2.40. The Morgan fingerprint density at radius 3 is 2.58 bits per heavy atom. The van der Waals surface area contributed by atoms with Gasteiger partial charge in [-0.3, -0.25) is 4.79 Å². The van der Waals surface area contributed by atoms with Crippen LogP contribution < -0.4 is 0 Å². The lowest BCUT2D eigenvalue weighted by molar-refractivity contribution is -0.130. The van der Waals surface area contributed by atoms with Crippen molar-refractivity contribution >= 4 is 5.78 Å². The molecule has 1 nitrogen and oxygen atoms in total. The van der Waals surface area contributed by atoms with E-state index in [0.717, 1.165) is 12.8 Å². The second-order valence-electron chi connectivity index (χ2n) is 5.49. The number of hydrogen-bond acceptors (Lipinski definition) is 1. The van der Waals surface area contributed by atoms with Crippen LogP contribution in [0.15, 0.2) is 30.3 Å². The zero-order chi connectivity index (χ0) is 13.9. The van der Waals surface area contributed by atoms with Crippen LogP contribution in [0.3, 0.4) is 0 Å². The first kappa shape index (κ1) is 14.2. The van der Waals surface area contributed by atoms with Crippen molar-refractivity contribution in [3.8, 4) is 0 Å². The van der Waals surface area contributed by atoms with Gasteiger partial charge in [-0.1, -0.05) is 43.7 Å². The molecule has 2 rings (SSSR count). The molecule has 0 aliphatic heterocycles. The second-order valence-corrected chi connectivity index (χ2v) is 5.49. The van der Waals surface area contributed by atoms with E-state index in [4.69, 9.17) is 0 Å². The molecule has 1 aromatic rings. The van der Waals surface area contributed by atoms with Gasteiger partial charge in [0.05, 0.1) is 0 Å². The maximum absolute atomic E-state index is 14.2. The van der Waals surface area contributed by atoms with E-state index in [1.54, 1.807) is 18.2 Å². The lowest BCUT2D eigenvalue weighted by Crippen LogP contribution is -2.30. The molecule has 1 aromatic carbocycles. The Bertz CT molecular complexity index is 428. The first-order chi connectivity index (χ1) is 9.03. The first-order valence-electron chi connectivity index (χ1n) is 6.99. The van der Waals surface area contributed by atoms with Gasteiger partial charge in [-0.15, -0.1) is 0 Å². The molecule has 1 aliphatic rings. The van der Waals surface area contributed by atoms with Crippen molar-refractivity contribution in [1.29, 1.82) is 0 Å². The quantitative estimate of drug-likeness (QED) is 0.780. The number of carbonyl (C=O) groups excluding carboxylic acids is 1. The molecule has 3 heteroatoms. The van der Waals surface area contributed by atoms with Crippen LogP contribution in [0.5, 0.6) is 0 Å². The van der Waals surface area contributed by atoms with E-state index < -0.39 is 11.8 Å². The van der Waals surface area contributed by atoms with E-state index in [-0.39, 0.29) is 17.8 Å². The normalized spacial score (nSPS) is 24.5. The molecule has 1 aliphatic carbocycles. The summed E-state index contributed by atoms with van der Waals surface area (Å²) in [5.41, 5.74) is 0.0152. The van der Waals surface area contributed by atoms with Crippen LogP contribution in [-0.2, 0) is 10.7 Å². The molecule has 2 atom stereocenters. The Morgan fingerprint density at radius 1 is 1.26 bits per heavy atom. The van der Waals surface area contributed by atoms with Gasteiger partial charge in [0.25, 0.3) is 5.92 Å². The maximum atomic E-state index is 14.2. The van der Waals surface area contributed by atoms with Crippen LogP contribution in [0, 0.1) is 11.8 Å². The van der Waals surface area contributed by atoms with Gasteiger partial charge in [-0.25, -0.2) is 8.78 Å². The summed E-state index contributed by atoms with van der Waals surface area (Å²) in [7, 11) is 0. The van der Waals surface area contributed by atoms with Gasteiger partial charge < -0.3 is 0 Å². The molecule has 1 fully saturated rings. The third kappa shape index (κ3) is 3.40. The van der Waals surface area contributed by atoms with Crippen molar-refractivity contribution in [3.05, 3.63) is 35.9 Å². The van der Waals surface area contributed by atoms with Gasteiger partial charge in [0.2, 0.25) is 0 Å². The summed E-state index contributed by atoms with van der Waals surface area (Å²) in [6, 6.07) is 7.81. The standard InChI is InChI=1S/C16H20F2O/c1-2-12-8-9-15(19)13(10-12)11-16(17,18)14-6-4-3-5-7-14/h3-7,12-13H,2,8-11H2,1H3. The molecule has 1 saturated carbocycles. The van der Waals surface area contributed by atoms with Crippen LogP contribution >= 0.6 is 0 Å². The third-order valence-electron chi connectivity index (χ3n) is 4.15. The average Bonchev–Trinajstić information content (AvgIpc) is 2.42. The van der Waals surface area contributed by atoms with Crippen LogP contribution in [0.4, 0.5) is 8.78 Å². The number of Topliss-reactive ketones (excluding diaryl/α,β-unsaturated/α-hetero) is 1. The van der Waals surface area contributed by atoms with Gasteiger partial charge >= 0.3 is 0 Å². The van der Waals surface area contributed by atoms with E-state index >= 15 is 0 Å². The monoisotopic (exact) mass is 266 g/mol. The van der Waals surface area contributed by atoms with E-state index in [2.05, 4.69) is 6.92 Å². The first-order valence-corrected chi connectivity index (χ1v) is 6.99. The molecule has 0 saturated heterocycles. The summed E-state index contributed by atoms with van der Waals surface area (Å²) in [4.78, 5) is 11.8. The second kappa shape index (κ2) is 5.81. The Kier molecular flexibility index (Phi) is 4.33. The predicted octanol–water partition coefficient (Wildman–Crippen LogP) is 4.56. The minimum absolute atomic E-state index is 0.0142. The van der Waals surface area contributed by atoms with Gasteiger partial charge in [-0.05, 0) is 18.8 Å². The molecule has 0 heterocycles. The zero-order valence-corrected chi connectivity index (χ0v) is 11.2. The Labute approximate surface area is 113 Å². The SMILES string of the molecule is CCC1CCC(=O)C(CC(F)(F)c2ccccc2)C1. The Morgan fingerprint density at radius 2 is 1.95 bits per heavy atom. The van der Waals surface area contributed by atoms with E-state index in [9.17, 15) is 13.6 Å². The van der Waals surface area contributed by atoms with E-state index in [1.165, 1.54) is 12.1 Å². The predicted molar refractivity (Wildman–Crippen MR) is 71.1 cm³/mol. The van der Waals surface area contributed by atoms with Gasteiger partial charge in [0.15, 0.2) is 0 Å². The van der Waals surface area contributed by atoms with Crippen molar-refractivity contribution < 1.29 is 13.6 Å². The highest BCUT2D eigenvalue weighted by atomic mass is 19.3. The van der Waals surface area contributed by atoms with Gasteiger partial charge in [0.1, 0.15) is 5.78 Å². The number of alkyl halides is 2. The fraction of sp³-hybridized carbons (Fsp3) is 0.562. The number of hydrogen-bond donors (Lipinski definition) is 0. The summed E-state index contributed by atoms with van der Waals surface area (Å²) in [5.74, 6) is -2.94. The van der Waals surface area contributed by atoms with Gasteiger partial charge in [0, 0.05) is 24.3 Å². The average molecular weight is 266 g/mol. The van der Waals surface area contributed by atoms with Crippen molar-refractivity contribution in [1.82, 2.24) is 0 Å². The summed E-state index contributed by atoms with van der Waals surface area (Å²) in [6.45, 7) is 2.06. The van der Waals surface area contributed by atoms with Crippen LogP contribution in [0.1, 0.15) is 44.6 Å². The fourth-order valence-electron chi connectivity index (χ4n) is 2.88. The largest absolute Gasteiger partial charge is 0.299 e. The van der Waals surface area contributed by atoms with Crippen molar-refractivity contribution in [2.75, 3.05) is 0 Å². The summed E-state index contributed by atoms with van der Waals surface area (Å²) < 4.78 is 28.4. The highest BCUT2D eigenvalue weighted by Gasteiger charge is 2.39. The fourth-order valence-corrected chi connectivity index (χ4v) is 2.88. The molecule has 0 radical (unpaired) electrons. The number of carbonyl (C=O) groups is 1. The smallest absolute Gasteiger partial charge is 0.273 e. The minimum atomic E-state index is -2.91. The molecular weight excluding hydrogens is 246 g/mol. The molecule has 104 valence electrons. The molecule has 0 bridgehead atoms. The lowest BCUT2D eigenvalue weighted by Gasteiger charge is -2.30. The molecule has 0 N–H and O–H groups in total. The molecule has 0 spiro atoms. The number of benzene rings is 1. The summed E-state index contributed by atoms with van der Waals surface area (Å²) in [6.07, 6.45) is 2.58. The van der Waals surface area contributed by atoms with E-state index in [0.29, 0.717) is 18.8 Å². The van der Waals surface area contributed by atoms with Crippen molar-refractivity contribution in [2.45, 2.75) is 45.0 Å². The highest BCUT2D eigenvalue weighted by molar-refractivity contribution is 5.81. The van der Waals surface area contributed by atoms with Crippen LogP contribution in [-0.4, -0.2) is 5.78 Å². The Hall–Kier alpha value is -1.25. The van der Waals surface area contributed by atoms with E-state index in [1.807, 2.05) is 0 Å². The Balaban J connectivity index is 2.08. The number of rotatable bonds is 4. The molecule has 0 aromatic heterocycles. The molecule has 0 amide bonds. The summed E-state index contributed by atoms with van der Waals surface area (Å²) >= 11 is 0. The number of halogens is 2. The maximum Gasteiger partial charge on any atom is 0.273 e. The van der Waals surface area contributed by atoms with Crippen LogP contribution in [0.25, 0.3) is 0 Å².